The highest BCUT2D eigenvalue weighted by Gasteiger charge is 2.47. The Bertz CT molecular complexity index is 430. The van der Waals surface area contributed by atoms with E-state index >= 15 is 0 Å². The van der Waals surface area contributed by atoms with Crippen molar-refractivity contribution in [1.29, 1.82) is 5.26 Å². The van der Waals surface area contributed by atoms with Crippen LogP contribution in [-0.4, -0.2) is 35.0 Å². The highest BCUT2D eigenvalue weighted by atomic mass is 16.6. The first-order valence-electron chi connectivity index (χ1n) is 7.41. The number of carbonyl (C=O) groups excluding carboxylic acids is 1. The third kappa shape index (κ3) is 4.89. The number of amides is 1. The molecule has 5 heteroatoms. The standard InChI is InChI=1S/C16H28N2O3/c1-14(2,3)21-13(19)18-12(11-20-16(18,6)7)10-15(4,5)8-9-17/h12H,8,10-11H2,1-7H3/t12-/m0/s1. The van der Waals surface area contributed by atoms with Crippen LogP contribution in [0.15, 0.2) is 0 Å². The van der Waals surface area contributed by atoms with Gasteiger partial charge < -0.3 is 9.47 Å². The number of ether oxygens (including phenoxy) is 2. The van der Waals surface area contributed by atoms with Gasteiger partial charge in [0.1, 0.15) is 11.3 Å². The molecular weight excluding hydrogens is 268 g/mol. The monoisotopic (exact) mass is 296 g/mol. The fourth-order valence-corrected chi connectivity index (χ4v) is 2.64. The molecule has 0 bridgehead atoms. The Morgan fingerprint density at radius 2 is 1.95 bits per heavy atom. The fourth-order valence-electron chi connectivity index (χ4n) is 2.64. The molecule has 5 nitrogen and oxygen atoms in total. The second-order valence-corrected chi connectivity index (χ2v) is 7.97. The van der Waals surface area contributed by atoms with E-state index in [2.05, 4.69) is 6.07 Å². The molecule has 0 N–H and O–H groups in total. The average molecular weight is 296 g/mol. The topological polar surface area (TPSA) is 62.6 Å². The van der Waals surface area contributed by atoms with Crippen LogP contribution in [0.3, 0.4) is 0 Å². The van der Waals surface area contributed by atoms with Crippen molar-refractivity contribution in [1.82, 2.24) is 4.90 Å². The Hall–Kier alpha value is -1.28. The number of carbonyl (C=O) groups is 1. The summed E-state index contributed by atoms with van der Waals surface area (Å²) < 4.78 is 11.3. The lowest BCUT2D eigenvalue weighted by molar-refractivity contribution is -0.0635. The van der Waals surface area contributed by atoms with Crippen LogP contribution in [0.5, 0.6) is 0 Å². The lowest BCUT2D eigenvalue weighted by Crippen LogP contribution is -2.50. The number of hydrogen-bond acceptors (Lipinski definition) is 4. The van der Waals surface area contributed by atoms with Gasteiger partial charge in [0.2, 0.25) is 0 Å². The molecule has 0 saturated carbocycles. The van der Waals surface area contributed by atoms with Gasteiger partial charge in [0.05, 0.1) is 18.7 Å². The summed E-state index contributed by atoms with van der Waals surface area (Å²) in [6.45, 7) is 13.8. The minimum atomic E-state index is -0.685. The maximum atomic E-state index is 12.5. The highest BCUT2D eigenvalue weighted by molar-refractivity contribution is 5.69. The molecule has 1 aliphatic rings. The van der Waals surface area contributed by atoms with Gasteiger partial charge in [-0.3, -0.25) is 4.90 Å². The summed E-state index contributed by atoms with van der Waals surface area (Å²) in [5.41, 5.74) is -1.39. The normalized spacial score (nSPS) is 22.0. The molecule has 1 fully saturated rings. The average Bonchev–Trinajstić information content (AvgIpc) is 2.50. The van der Waals surface area contributed by atoms with Crippen LogP contribution in [0.4, 0.5) is 4.79 Å². The smallest absolute Gasteiger partial charge is 0.412 e. The lowest BCUT2D eigenvalue weighted by atomic mass is 9.83. The van der Waals surface area contributed by atoms with Crippen molar-refractivity contribution < 1.29 is 14.3 Å². The van der Waals surface area contributed by atoms with Crippen molar-refractivity contribution in [2.45, 2.75) is 78.7 Å². The first kappa shape index (κ1) is 17.8. The summed E-state index contributed by atoms with van der Waals surface area (Å²) in [5, 5.41) is 8.92. The van der Waals surface area contributed by atoms with E-state index < -0.39 is 11.3 Å². The molecule has 1 amide bonds. The van der Waals surface area contributed by atoms with Gasteiger partial charge in [0.25, 0.3) is 0 Å². The largest absolute Gasteiger partial charge is 0.444 e. The fraction of sp³-hybridized carbons (Fsp3) is 0.875. The third-order valence-electron chi connectivity index (χ3n) is 3.51. The Morgan fingerprint density at radius 3 is 2.43 bits per heavy atom. The zero-order valence-corrected chi connectivity index (χ0v) is 14.3. The summed E-state index contributed by atoms with van der Waals surface area (Å²) in [4.78, 5) is 14.2. The van der Waals surface area contributed by atoms with Crippen molar-refractivity contribution in [2.24, 2.45) is 5.41 Å². The van der Waals surface area contributed by atoms with E-state index in [0.717, 1.165) is 0 Å². The molecule has 1 aliphatic heterocycles. The Balaban J connectivity index is 2.90. The predicted molar refractivity (Wildman–Crippen MR) is 80.5 cm³/mol. The molecule has 0 aromatic rings. The Labute approximate surface area is 128 Å². The van der Waals surface area contributed by atoms with Crippen LogP contribution in [0.25, 0.3) is 0 Å². The molecule has 0 unspecified atom stereocenters. The van der Waals surface area contributed by atoms with E-state index in [1.165, 1.54) is 0 Å². The van der Waals surface area contributed by atoms with Crippen LogP contribution < -0.4 is 0 Å². The van der Waals surface area contributed by atoms with E-state index in [4.69, 9.17) is 14.7 Å². The molecule has 1 rings (SSSR count). The van der Waals surface area contributed by atoms with Gasteiger partial charge >= 0.3 is 6.09 Å². The van der Waals surface area contributed by atoms with Gasteiger partial charge in [0, 0.05) is 6.42 Å². The van der Waals surface area contributed by atoms with Gasteiger partial charge in [-0.05, 0) is 46.5 Å². The first-order valence-corrected chi connectivity index (χ1v) is 7.41. The van der Waals surface area contributed by atoms with E-state index in [1.54, 1.807) is 4.90 Å². The maximum absolute atomic E-state index is 12.5. The minimum Gasteiger partial charge on any atom is -0.444 e. The molecule has 1 atom stereocenters. The summed E-state index contributed by atoms with van der Waals surface area (Å²) in [7, 11) is 0. The number of nitrogens with zero attached hydrogens (tertiary/aromatic N) is 2. The zero-order valence-electron chi connectivity index (χ0n) is 14.3. The first-order chi connectivity index (χ1) is 9.38. The summed E-state index contributed by atoms with van der Waals surface area (Å²) in [6, 6.07) is 2.14. The summed E-state index contributed by atoms with van der Waals surface area (Å²) in [6.07, 6.45) is 0.803. The van der Waals surface area contributed by atoms with Gasteiger partial charge in [-0.1, -0.05) is 13.8 Å². The molecule has 0 aliphatic carbocycles. The quantitative estimate of drug-likeness (QED) is 0.797. The van der Waals surface area contributed by atoms with Gasteiger partial charge in [-0.15, -0.1) is 0 Å². The van der Waals surface area contributed by atoms with Crippen molar-refractivity contribution in [2.75, 3.05) is 6.61 Å². The van der Waals surface area contributed by atoms with E-state index in [9.17, 15) is 4.79 Å². The van der Waals surface area contributed by atoms with E-state index in [0.29, 0.717) is 19.4 Å². The zero-order chi connectivity index (χ0) is 16.5. The Morgan fingerprint density at radius 1 is 1.38 bits per heavy atom. The second-order valence-electron chi connectivity index (χ2n) is 7.97. The van der Waals surface area contributed by atoms with Crippen LogP contribution in [0.2, 0.25) is 0 Å². The molecule has 21 heavy (non-hydrogen) atoms. The summed E-state index contributed by atoms with van der Waals surface area (Å²) in [5.74, 6) is 0. The molecule has 0 aromatic heterocycles. The molecule has 120 valence electrons. The number of nitriles is 1. The molecule has 1 heterocycles. The highest BCUT2D eigenvalue weighted by Crippen LogP contribution is 2.36. The molecule has 0 spiro atoms. The second kappa shape index (κ2) is 5.84. The van der Waals surface area contributed by atoms with Gasteiger partial charge in [0.15, 0.2) is 0 Å². The predicted octanol–water partition coefficient (Wildman–Crippen LogP) is 3.69. The van der Waals surface area contributed by atoms with Crippen molar-refractivity contribution >= 4 is 6.09 Å². The van der Waals surface area contributed by atoms with Gasteiger partial charge in [-0.2, -0.15) is 5.26 Å². The van der Waals surface area contributed by atoms with E-state index in [1.807, 2.05) is 48.5 Å². The maximum Gasteiger partial charge on any atom is 0.412 e. The molecule has 0 radical (unpaired) electrons. The molecule has 0 aromatic carbocycles. The minimum absolute atomic E-state index is 0.0711. The van der Waals surface area contributed by atoms with Crippen LogP contribution in [0, 0.1) is 16.7 Å². The molecule has 1 saturated heterocycles. The van der Waals surface area contributed by atoms with Crippen LogP contribution in [-0.2, 0) is 9.47 Å². The number of hydrogen-bond donors (Lipinski definition) is 0. The lowest BCUT2D eigenvalue weighted by Gasteiger charge is -2.37. The van der Waals surface area contributed by atoms with Crippen LogP contribution >= 0.6 is 0 Å². The van der Waals surface area contributed by atoms with Crippen molar-refractivity contribution in [3.8, 4) is 6.07 Å². The SMILES string of the molecule is CC(C)(CC#N)C[C@H]1COC(C)(C)N1C(=O)OC(C)(C)C. The van der Waals surface area contributed by atoms with E-state index in [-0.39, 0.29) is 17.6 Å². The summed E-state index contributed by atoms with van der Waals surface area (Å²) >= 11 is 0. The Kier molecular flexibility index (Phi) is 4.94. The van der Waals surface area contributed by atoms with Gasteiger partial charge in [-0.25, -0.2) is 4.79 Å². The number of rotatable bonds is 3. The molecular formula is C16H28N2O3. The van der Waals surface area contributed by atoms with Crippen molar-refractivity contribution in [3.63, 3.8) is 0 Å². The third-order valence-corrected chi connectivity index (χ3v) is 3.51. The van der Waals surface area contributed by atoms with Crippen LogP contribution in [0.1, 0.15) is 61.3 Å². The van der Waals surface area contributed by atoms with Crippen molar-refractivity contribution in [3.05, 3.63) is 0 Å².